The van der Waals surface area contributed by atoms with Crippen LogP contribution in [0.25, 0.3) is 0 Å². The fourth-order valence-corrected chi connectivity index (χ4v) is 5.00. The smallest absolute Gasteiger partial charge is 0.0466 e. The normalized spacial score (nSPS) is 21.2. The monoisotopic (exact) mass is 266 g/mol. The first-order valence-corrected chi connectivity index (χ1v) is 8.13. The van der Waals surface area contributed by atoms with E-state index in [1.807, 2.05) is 55.4 Å². The van der Waals surface area contributed by atoms with Gasteiger partial charge in [0.05, 0.1) is 0 Å². The molecule has 0 aliphatic rings. The van der Waals surface area contributed by atoms with Crippen molar-refractivity contribution in [1.82, 2.24) is 0 Å². The fraction of sp³-hybridized carbons (Fsp3) is 1.00. The number of hydrogen-bond acceptors (Lipinski definition) is 2. The summed E-state index contributed by atoms with van der Waals surface area (Å²) in [5.74, 6) is 0. The molecule has 0 amide bonds. The van der Waals surface area contributed by atoms with Gasteiger partial charge in [-0.25, -0.2) is 0 Å². The molecule has 0 fully saturated rings. The first-order valence-electron chi connectivity index (χ1n) is 5.70. The van der Waals surface area contributed by atoms with Gasteiger partial charge < -0.3 is 0 Å². The van der Waals surface area contributed by atoms with Crippen LogP contribution in [0.3, 0.4) is 0 Å². The van der Waals surface area contributed by atoms with E-state index in [2.05, 4.69) is 0 Å². The van der Waals surface area contributed by atoms with Gasteiger partial charge in [0.15, 0.2) is 0 Å². The van der Waals surface area contributed by atoms with Gasteiger partial charge in [-0.15, -0.1) is 0 Å². The summed E-state index contributed by atoms with van der Waals surface area (Å²) >= 11 is 0. The van der Waals surface area contributed by atoms with Crippen molar-refractivity contribution in [3.8, 4) is 0 Å². The van der Waals surface area contributed by atoms with E-state index in [-0.39, 0.29) is 20.0 Å². The second-order valence-electron chi connectivity index (χ2n) is 6.23. The molecule has 0 saturated heterocycles. The molecule has 16 heavy (non-hydrogen) atoms. The molecule has 4 unspecified atom stereocenters. The highest BCUT2D eigenvalue weighted by molar-refractivity contribution is 7.91. The molecule has 0 radical (unpaired) electrons. The van der Waals surface area contributed by atoms with E-state index in [1.54, 1.807) is 0 Å². The summed E-state index contributed by atoms with van der Waals surface area (Å²) in [5, 5.41) is -0.0832. The summed E-state index contributed by atoms with van der Waals surface area (Å²) in [5.41, 5.74) is 0. The molecule has 2 nitrogen and oxygen atoms in total. The van der Waals surface area contributed by atoms with Crippen molar-refractivity contribution >= 4 is 21.6 Å². The Kier molecular flexibility index (Phi) is 5.40. The zero-order chi connectivity index (χ0) is 13.3. The number of hydrogen-bond donors (Lipinski definition) is 0. The van der Waals surface area contributed by atoms with Crippen LogP contribution < -0.4 is 0 Å². The maximum absolute atomic E-state index is 12.2. The molecular weight excluding hydrogens is 240 g/mol. The largest absolute Gasteiger partial charge is 0.259 e. The van der Waals surface area contributed by atoms with Gasteiger partial charge in [0.1, 0.15) is 0 Å². The van der Waals surface area contributed by atoms with Gasteiger partial charge >= 0.3 is 0 Å². The molecule has 0 aromatic carbocycles. The Morgan fingerprint density at radius 2 is 0.875 bits per heavy atom. The average molecular weight is 266 g/mol. The lowest BCUT2D eigenvalue weighted by Gasteiger charge is -2.30. The maximum Gasteiger partial charge on any atom is 0.0466 e. The van der Waals surface area contributed by atoms with E-state index in [0.717, 1.165) is 0 Å². The van der Waals surface area contributed by atoms with Crippen molar-refractivity contribution in [2.75, 3.05) is 0 Å². The molecule has 0 N–H and O–H groups in total. The molecule has 0 spiro atoms. The maximum atomic E-state index is 12.2. The summed E-state index contributed by atoms with van der Waals surface area (Å²) in [6.45, 7) is 15.7. The van der Waals surface area contributed by atoms with E-state index < -0.39 is 21.6 Å². The lowest BCUT2D eigenvalue weighted by molar-refractivity contribution is 0.617. The third-order valence-electron chi connectivity index (χ3n) is 2.54. The standard InChI is InChI=1S/C12H26O2S2/c1-9(15(13)11(3,4)5)10(2)16(14)12(6,7)8/h9-10H,1-8H3. The van der Waals surface area contributed by atoms with Crippen molar-refractivity contribution in [1.29, 1.82) is 0 Å². The second-order valence-corrected chi connectivity index (χ2v) is 11.4. The average Bonchev–Trinajstić information content (AvgIpc) is 2.10. The predicted octanol–water partition coefficient (Wildman–Crippen LogP) is 2.86. The minimum Gasteiger partial charge on any atom is -0.259 e. The van der Waals surface area contributed by atoms with Crippen LogP contribution in [0.4, 0.5) is 0 Å². The van der Waals surface area contributed by atoms with Gasteiger partial charge in [0.2, 0.25) is 0 Å². The molecule has 0 aromatic heterocycles. The van der Waals surface area contributed by atoms with E-state index in [1.165, 1.54) is 0 Å². The van der Waals surface area contributed by atoms with E-state index in [4.69, 9.17) is 0 Å². The molecule has 4 atom stereocenters. The Hall–Kier alpha value is 0.300. The van der Waals surface area contributed by atoms with Crippen LogP contribution in [0.5, 0.6) is 0 Å². The van der Waals surface area contributed by atoms with E-state index in [0.29, 0.717) is 0 Å². The Morgan fingerprint density at radius 3 is 1.00 bits per heavy atom. The lowest BCUT2D eigenvalue weighted by Crippen LogP contribution is -2.42. The summed E-state index contributed by atoms with van der Waals surface area (Å²) in [6, 6.07) is 0. The molecule has 0 aromatic rings. The van der Waals surface area contributed by atoms with Crippen molar-refractivity contribution in [3.05, 3.63) is 0 Å². The van der Waals surface area contributed by atoms with Crippen LogP contribution in [0, 0.1) is 0 Å². The molecule has 98 valence electrons. The van der Waals surface area contributed by atoms with Crippen molar-refractivity contribution in [2.24, 2.45) is 0 Å². The molecular formula is C12H26O2S2. The summed E-state index contributed by atoms with van der Waals surface area (Å²) in [4.78, 5) is 0. The van der Waals surface area contributed by atoms with Crippen LogP contribution in [-0.2, 0) is 21.6 Å². The Balaban J connectivity index is 4.83. The van der Waals surface area contributed by atoms with Crippen LogP contribution in [0.1, 0.15) is 55.4 Å². The highest BCUT2D eigenvalue weighted by Crippen LogP contribution is 2.24. The molecule has 0 rings (SSSR count). The third kappa shape index (κ3) is 4.28. The Labute approximate surface area is 106 Å². The van der Waals surface area contributed by atoms with Crippen LogP contribution in [0.2, 0.25) is 0 Å². The fourth-order valence-electron chi connectivity index (χ4n) is 1.46. The van der Waals surface area contributed by atoms with Crippen molar-refractivity contribution in [2.45, 2.75) is 75.4 Å². The van der Waals surface area contributed by atoms with Crippen LogP contribution >= 0.6 is 0 Å². The van der Waals surface area contributed by atoms with Gasteiger partial charge in [-0.2, -0.15) is 0 Å². The SMILES string of the molecule is CC(C(C)S(=O)C(C)(C)C)S(=O)C(C)(C)C. The lowest BCUT2D eigenvalue weighted by atomic mass is 10.2. The van der Waals surface area contributed by atoms with Gasteiger partial charge in [0, 0.05) is 41.6 Å². The van der Waals surface area contributed by atoms with Gasteiger partial charge in [-0.3, -0.25) is 8.42 Å². The second kappa shape index (κ2) is 5.30. The first kappa shape index (κ1) is 16.3. The molecule has 0 heterocycles. The Morgan fingerprint density at radius 1 is 0.688 bits per heavy atom. The van der Waals surface area contributed by atoms with Gasteiger partial charge in [-0.1, -0.05) is 0 Å². The summed E-state index contributed by atoms with van der Waals surface area (Å²) in [6.07, 6.45) is 0. The summed E-state index contributed by atoms with van der Waals surface area (Å²) in [7, 11) is -1.92. The van der Waals surface area contributed by atoms with Crippen LogP contribution in [0.15, 0.2) is 0 Å². The highest BCUT2D eigenvalue weighted by Gasteiger charge is 2.34. The molecule has 0 bridgehead atoms. The zero-order valence-electron chi connectivity index (χ0n) is 11.8. The summed E-state index contributed by atoms with van der Waals surface area (Å²) < 4.78 is 23.9. The number of rotatable bonds is 3. The quantitative estimate of drug-likeness (QED) is 0.787. The molecule has 0 aliphatic carbocycles. The minimum absolute atomic E-state index is 0.0416. The van der Waals surface area contributed by atoms with Crippen molar-refractivity contribution < 1.29 is 8.42 Å². The molecule has 0 aliphatic heterocycles. The zero-order valence-corrected chi connectivity index (χ0v) is 13.4. The Bertz CT molecular complexity index is 254. The highest BCUT2D eigenvalue weighted by atomic mass is 32.2. The van der Waals surface area contributed by atoms with Crippen LogP contribution in [-0.4, -0.2) is 28.4 Å². The predicted molar refractivity (Wildman–Crippen MR) is 74.7 cm³/mol. The van der Waals surface area contributed by atoms with Gasteiger partial charge in [0.25, 0.3) is 0 Å². The molecule has 4 heteroatoms. The molecule has 0 saturated carbocycles. The first-order chi connectivity index (χ1) is 6.89. The topological polar surface area (TPSA) is 34.1 Å². The van der Waals surface area contributed by atoms with E-state index >= 15 is 0 Å². The van der Waals surface area contributed by atoms with Crippen molar-refractivity contribution in [3.63, 3.8) is 0 Å². The van der Waals surface area contributed by atoms with Gasteiger partial charge in [-0.05, 0) is 55.4 Å². The third-order valence-corrected chi connectivity index (χ3v) is 7.30. The minimum atomic E-state index is -0.961. The van der Waals surface area contributed by atoms with E-state index in [9.17, 15) is 8.42 Å².